The van der Waals surface area contributed by atoms with E-state index < -0.39 is 39.2 Å². The van der Waals surface area contributed by atoms with Crippen molar-refractivity contribution in [3.8, 4) is 11.5 Å². The minimum Gasteiger partial charge on any atom is -0.482 e. The van der Waals surface area contributed by atoms with Crippen LogP contribution in [-0.4, -0.2) is 39.7 Å². The average molecular weight is 497 g/mol. The Morgan fingerprint density at radius 3 is 1.44 bits per heavy atom. The van der Waals surface area contributed by atoms with Gasteiger partial charge in [-0.15, -0.1) is 23.2 Å². The topological polar surface area (TPSA) is 93.1 Å². The maximum Gasteiger partial charge on any atom is 0.341 e. The minimum absolute atomic E-state index is 0.0133. The zero-order valence-electron chi connectivity index (χ0n) is 12.9. The zero-order chi connectivity index (χ0) is 20.4. The van der Waals surface area contributed by atoms with E-state index in [4.69, 9.17) is 89.3 Å². The number of carboxylic acids is 2. The number of aliphatic carboxylic acids is 2. The lowest BCUT2D eigenvalue weighted by Gasteiger charge is -2.31. The molecule has 146 valence electrons. The number of ether oxygens (including phenoxy) is 2. The van der Waals surface area contributed by atoms with Crippen LogP contribution in [0, 0.1) is 0 Å². The van der Waals surface area contributed by atoms with E-state index in [0.717, 1.165) is 0 Å². The Bertz CT molecular complexity index is 830. The summed E-state index contributed by atoms with van der Waals surface area (Å²) in [5, 5.41) is 17.5. The Morgan fingerprint density at radius 2 is 1.15 bits per heavy atom. The highest BCUT2D eigenvalue weighted by Crippen LogP contribution is 2.79. The fourth-order valence-electron chi connectivity index (χ4n) is 3.12. The van der Waals surface area contributed by atoms with Gasteiger partial charge in [0, 0.05) is 11.1 Å². The predicted molar refractivity (Wildman–Crippen MR) is 101 cm³/mol. The molecule has 1 aromatic carbocycles. The van der Waals surface area contributed by atoms with E-state index in [1.165, 1.54) is 12.1 Å². The lowest BCUT2D eigenvalue weighted by Crippen LogP contribution is -2.39. The highest BCUT2D eigenvalue weighted by atomic mass is 35.5. The molecule has 1 aromatic rings. The van der Waals surface area contributed by atoms with Crippen molar-refractivity contribution >= 4 is 81.5 Å². The largest absolute Gasteiger partial charge is 0.482 e. The van der Waals surface area contributed by atoms with Gasteiger partial charge in [-0.25, -0.2) is 9.59 Å². The minimum atomic E-state index is -2.01. The van der Waals surface area contributed by atoms with Gasteiger partial charge in [-0.05, 0) is 12.1 Å². The van der Waals surface area contributed by atoms with E-state index in [9.17, 15) is 9.59 Å². The molecule has 2 unspecified atom stereocenters. The summed E-state index contributed by atoms with van der Waals surface area (Å²) in [7, 11) is 0. The van der Waals surface area contributed by atoms with Crippen molar-refractivity contribution in [2.45, 2.75) is 14.1 Å². The van der Waals surface area contributed by atoms with E-state index in [2.05, 4.69) is 0 Å². The van der Waals surface area contributed by atoms with Crippen LogP contribution in [-0.2, 0) is 19.3 Å². The summed E-state index contributed by atoms with van der Waals surface area (Å²) in [5.41, 5.74) is 0.116. The van der Waals surface area contributed by atoms with E-state index in [1.807, 2.05) is 0 Å². The molecule has 2 bridgehead atoms. The Balaban J connectivity index is 2.28. The zero-order valence-corrected chi connectivity index (χ0v) is 17.4. The van der Waals surface area contributed by atoms with Crippen molar-refractivity contribution in [2.75, 3.05) is 13.2 Å². The first-order chi connectivity index (χ1) is 12.4. The summed E-state index contributed by atoms with van der Waals surface area (Å²) >= 11 is 38.9. The van der Waals surface area contributed by atoms with Crippen molar-refractivity contribution in [2.24, 2.45) is 0 Å². The second-order valence-electron chi connectivity index (χ2n) is 5.70. The molecule has 0 radical (unpaired) electrons. The van der Waals surface area contributed by atoms with Crippen LogP contribution in [0.25, 0.3) is 0 Å². The number of halogens is 6. The summed E-state index contributed by atoms with van der Waals surface area (Å²) in [6, 6.07) is 2.65. The van der Waals surface area contributed by atoms with Crippen LogP contribution >= 0.6 is 69.6 Å². The van der Waals surface area contributed by atoms with Gasteiger partial charge in [0.2, 0.25) is 0 Å². The van der Waals surface area contributed by atoms with E-state index in [1.54, 1.807) is 0 Å². The molecule has 0 spiro atoms. The number of fused-ring (bicyclic) bond motifs is 5. The molecule has 2 aliphatic carbocycles. The van der Waals surface area contributed by atoms with Gasteiger partial charge >= 0.3 is 11.9 Å². The molecule has 2 N–H and O–H groups in total. The number of benzene rings is 1. The number of rotatable bonds is 6. The summed E-state index contributed by atoms with van der Waals surface area (Å²) in [6.07, 6.45) is 0. The summed E-state index contributed by atoms with van der Waals surface area (Å²) in [5.74, 6) is -2.52. The maximum absolute atomic E-state index is 10.9. The summed E-state index contributed by atoms with van der Waals surface area (Å²) < 4.78 is 8.54. The average Bonchev–Trinajstić information content (AvgIpc) is 2.79. The molecule has 0 heterocycles. The molecule has 0 aliphatic heterocycles. The molecule has 27 heavy (non-hydrogen) atoms. The van der Waals surface area contributed by atoms with E-state index in [0.29, 0.717) is 0 Å². The van der Waals surface area contributed by atoms with Crippen molar-refractivity contribution in [3.05, 3.63) is 33.3 Å². The van der Waals surface area contributed by atoms with Gasteiger partial charge in [0.15, 0.2) is 17.5 Å². The summed E-state index contributed by atoms with van der Waals surface area (Å²) in [6.45, 7) is -1.40. The van der Waals surface area contributed by atoms with E-state index >= 15 is 0 Å². The number of carbonyl (C=O) groups is 2. The second kappa shape index (κ2) is 6.65. The molecule has 0 saturated heterocycles. The Hall–Kier alpha value is -0.760. The Morgan fingerprint density at radius 1 is 0.815 bits per heavy atom. The molecule has 6 nitrogen and oxygen atoms in total. The van der Waals surface area contributed by atoms with Crippen LogP contribution in [0.1, 0.15) is 11.1 Å². The quantitative estimate of drug-likeness (QED) is 0.568. The van der Waals surface area contributed by atoms with Crippen LogP contribution in [0.5, 0.6) is 11.5 Å². The fraction of sp³-hybridized carbons (Fsp3) is 0.333. The van der Waals surface area contributed by atoms with Crippen LogP contribution in [0.2, 0.25) is 0 Å². The molecule has 12 heteroatoms. The molecular formula is C15H8Cl6O6. The van der Waals surface area contributed by atoms with Gasteiger partial charge < -0.3 is 19.7 Å². The van der Waals surface area contributed by atoms with Crippen LogP contribution in [0.15, 0.2) is 22.2 Å². The van der Waals surface area contributed by atoms with Crippen molar-refractivity contribution in [1.82, 2.24) is 0 Å². The van der Waals surface area contributed by atoms with Crippen molar-refractivity contribution < 1.29 is 29.3 Å². The SMILES string of the molecule is O=C(O)COc1ccc(OCC(=O)O)c2c1C1(Cl)C(Cl)=C(Cl)C2(Cl)C1(Cl)Cl. The third-order valence-electron chi connectivity index (χ3n) is 4.18. The molecule has 2 atom stereocenters. The first-order valence-corrected chi connectivity index (χ1v) is 9.36. The van der Waals surface area contributed by atoms with Crippen molar-refractivity contribution in [3.63, 3.8) is 0 Å². The van der Waals surface area contributed by atoms with Gasteiger partial charge in [-0.3, -0.25) is 0 Å². The molecule has 3 rings (SSSR count). The van der Waals surface area contributed by atoms with Gasteiger partial charge in [0.05, 0.1) is 10.1 Å². The number of carboxylic acid groups (broad SMARTS) is 2. The van der Waals surface area contributed by atoms with Crippen LogP contribution in [0.4, 0.5) is 0 Å². The Kier molecular flexibility index (Phi) is 5.16. The highest BCUT2D eigenvalue weighted by Gasteiger charge is 2.79. The molecule has 0 saturated carbocycles. The van der Waals surface area contributed by atoms with E-state index in [-0.39, 0.29) is 32.7 Å². The van der Waals surface area contributed by atoms with Gasteiger partial charge in [0.1, 0.15) is 21.2 Å². The van der Waals surface area contributed by atoms with Crippen molar-refractivity contribution in [1.29, 1.82) is 0 Å². The second-order valence-corrected chi connectivity index (χ2v) is 8.91. The number of allylic oxidation sites excluding steroid dienone is 2. The third-order valence-corrected chi connectivity index (χ3v) is 8.26. The number of alkyl halides is 4. The van der Waals surface area contributed by atoms with Gasteiger partial charge in [0.25, 0.3) is 0 Å². The van der Waals surface area contributed by atoms with Gasteiger partial charge in [-0.2, -0.15) is 0 Å². The predicted octanol–water partition coefficient (Wildman–Crippen LogP) is 4.37. The number of hydrogen-bond acceptors (Lipinski definition) is 4. The number of hydrogen-bond donors (Lipinski definition) is 2. The maximum atomic E-state index is 10.9. The lowest BCUT2D eigenvalue weighted by molar-refractivity contribution is -0.140. The lowest BCUT2D eigenvalue weighted by atomic mass is 9.93. The standard InChI is InChI=1S/C15H8Cl6O6/c16-11-12(17)14(19)10-6(27-4-8(24)25)2-1-5(26-3-7(22)23)9(10)13(11,18)15(14,20)21/h1-2H,3-4H2,(H,22,23)(H,24,25). The molecule has 0 aromatic heterocycles. The van der Waals surface area contributed by atoms with Crippen LogP contribution in [0.3, 0.4) is 0 Å². The molecule has 2 aliphatic rings. The fourth-order valence-corrected chi connectivity index (χ4v) is 5.82. The Labute approximate surface area is 182 Å². The van der Waals surface area contributed by atoms with Crippen LogP contribution < -0.4 is 9.47 Å². The first-order valence-electron chi connectivity index (χ1n) is 7.09. The smallest absolute Gasteiger partial charge is 0.341 e. The summed E-state index contributed by atoms with van der Waals surface area (Å²) in [4.78, 5) is 18.0. The normalized spacial score (nSPS) is 27.5. The molecule has 0 fully saturated rings. The highest BCUT2D eigenvalue weighted by molar-refractivity contribution is 6.65. The molecular weight excluding hydrogens is 489 g/mol. The third kappa shape index (κ3) is 2.61. The monoisotopic (exact) mass is 494 g/mol. The first kappa shape index (κ1) is 21.0. The molecule has 0 amide bonds. The van der Waals surface area contributed by atoms with Gasteiger partial charge in [-0.1, -0.05) is 46.4 Å².